The summed E-state index contributed by atoms with van der Waals surface area (Å²) in [5, 5.41) is 0. The molecule has 0 saturated heterocycles. The summed E-state index contributed by atoms with van der Waals surface area (Å²) in [4.78, 5) is 16.0. The normalized spacial score (nSPS) is 10.6. The topological polar surface area (TPSA) is 57.7 Å². The summed E-state index contributed by atoms with van der Waals surface area (Å²) in [6.07, 6.45) is 6.40. The van der Waals surface area contributed by atoms with Crippen LogP contribution in [0.3, 0.4) is 0 Å². The van der Waals surface area contributed by atoms with Gasteiger partial charge in [0.2, 0.25) is 5.75 Å². The first kappa shape index (κ1) is 16.5. The smallest absolute Gasteiger partial charge is 0.203 e. The van der Waals surface area contributed by atoms with E-state index in [2.05, 4.69) is 4.98 Å². The van der Waals surface area contributed by atoms with Crippen molar-refractivity contribution in [2.75, 3.05) is 20.8 Å². The first-order valence-corrected chi connectivity index (χ1v) is 7.20. The second-order valence-electron chi connectivity index (χ2n) is 4.62. The predicted octanol–water partition coefficient (Wildman–Crippen LogP) is 3.39. The van der Waals surface area contributed by atoms with Gasteiger partial charge in [-0.2, -0.15) is 0 Å². The molecule has 0 N–H and O–H groups in total. The van der Waals surface area contributed by atoms with Gasteiger partial charge in [-0.25, -0.2) is 0 Å². The molecular weight excluding hydrogens is 294 g/mol. The van der Waals surface area contributed by atoms with Crippen molar-refractivity contribution in [1.29, 1.82) is 0 Å². The number of aromatic nitrogens is 1. The van der Waals surface area contributed by atoms with E-state index in [1.807, 2.05) is 6.92 Å². The van der Waals surface area contributed by atoms with Crippen LogP contribution in [0.5, 0.6) is 17.2 Å². The molecule has 0 aliphatic heterocycles. The molecule has 1 heterocycles. The van der Waals surface area contributed by atoms with Gasteiger partial charge >= 0.3 is 0 Å². The van der Waals surface area contributed by atoms with E-state index in [0.717, 1.165) is 5.56 Å². The number of methoxy groups -OCH3 is 2. The Kier molecular flexibility index (Phi) is 5.74. The zero-order valence-electron chi connectivity index (χ0n) is 13.4. The summed E-state index contributed by atoms with van der Waals surface area (Å²) >= 11 is 0. The third kappa shape index (κ3) is 4.10. The van der Waals surface area contributed by atoms with E-state index in [4.69, 9.17) is 14.2 Å². The Bertz CT molecular complexity index is 696. The summed E-state index contributed by atoms with van der Waals surface area (Å²) in [5.41, 5.74) is 1.37. The van der Waals surface area contributed by atoms with Crippen molar-refractivity contribution in [3.8, 4) is 17.2 Å². The SMILES string of the molecule is CCOc1cc(C=CC(=O)c2ccncc2)cc(OC)c1OC. The highest BCUT2D eigenvalue weighted by Crippen LogP contribution is 2.38. The van der Waals surface area contributed by atoms with Crippen LogP contribution >= 0.6 is 0 Å². The molecule has 0 bridgehead atoms. The predicted molar refractivity (Wildman–Crippen MR) is 88.3 cm³/mol. The van der Waals surface area contributed by atoms with Crippen molar-refractivity contribution in [3.05, 3.63) is 53.9 Å². The van der Waals surface area contributed by atoms with Gasteiger partial charge in [0, 0.05) is 18.0 Å². The van der Waals surface area contributed by atoms with Crippen LogP contribution in [0, 0.1) is 0 Å². The van der Waals surface area contributed by atoms with Gasteiger partial charge in [0.1, 0.15) is 0 Å². The number of benzene rings is 1. The lowest BCUT2D eigenvalue weighted by atomic mass is 10.1. The van der Waals surface area contributed by atoms with Crippen molar-refractivity contribution in [2.45, 2.75) is 6.92 Å². The number of hydrogen-bond donors (Lipinski definition) is 0. The van der Waals surface area contributed by atoms with Crippen LogP contribution in [0.2, 0.25) is 0 Å². The molecule has 0 unspecified atom stereocenters. The van der Waals surface area contributed by atoms with E-state index in [0.29, 0.717) is 29.4 Å². The van der Waals surface area contributed by atoms with Gasteiger partial charge < -0.3 is 14.2 Å². The average molecular weight is 313 g/mol. The third-order valence-electron chi connectivity index (χ3n) is 3.16. The first-order valence-electron chi connectivity index (χ1n) is 7.20. The molecule has 23 heavy (non-hydrogen) atoms. The molecule has 0 atom stereocenters. The Morgan fingerprint density at radius 3 is 2.43 bits per heavy atom. The number of rotatable bonds is 7. The standard InChI is InChI=1S/C18H19NO4/c1-4-23-17-12-13(11-16(21-2)18(17)22-3)5-6-15(20)14-7-9-19-10-8-14/h5-12H,4H2,1-3H3. The van der Waals surface area contributed by atoms with Crippen LogP contribution in [0.15, 0.2) is 42.7 Å². The molecule has 0 spiro atoms. The molecule has 0 fully saturated rings. The lowest BCUT2D eigenvalue weighted by Gasteiger charge is -2.14. The Morgan fingerprint density at radius 2 is 1.83 bits per heavy atom. The molecule has 1 aromatic carbocycles. The van der Waals surface area contributed by atoms with Gasteiger partial charge in [0.15, 0.2) is 17.3 Å². The Morgan fingerprint density at radius 1 is 1.13 bits per heavy atom. The number of pyridine rings is 1. The zero-order valence-corrected chi connectivity index (χ0v) is 13.4. The van der Waals surface area contributed by atoms with Crippen molar-refractivity contribution in [1.82, 2.24) is 4.98 Å². The fraction of sp³-hybridized carbons (Fsp3) is 0.222. The van der Waals surface area contributed by atoms with Crippen LogP contribution in [-0.4, -0.2) is 31.6 Å². The number of carbonyl (C=O) groups excluding carboxylic acids is 1. The molecule has 0 radical (unpaired) electrons. The quantitative estimate of drug-likeness (QED) is 0.579. The fourth-order valence-corrected chi connectivity index (χ4v) is 2.09. The molecule has 0 aliphatic rings. The summed E-state index contributed by atoms with van der Waals surface area (Å²) in [6, 6.07) is 6.94. The van der Waals surface area contributed by atoms with Gasteiger partial charge in [-0.05, 0) is 42.8 Å². The minimum Gasteiger partial charge on any atom is -0.493 e. The van der Waals surface area contributed by atoms with Gasteiger partial charge in [-0.3, -0.25) is 9.78 Å². The van der Waals surface area contributed by atoms with E-state index in [9.17, 15) is 4.79 Å². The van der Waals surface area contributed by atoms with Crippen molar-refractivity contribution < 1.29 is 19.0 Å². The molecule has 2 rings (SSSR count). The van der Waals surface area contributed by atoms with Crippen LogP contribution in [0.1, 0.15) is 22.8 Å². The molecule has 0 amide bonds. The molecule has 0 saturated carbocycles. The van der Waals surface area contributed by atoms with Crippen LogP contribution < -0.4 is 14.2 Å². The maximum atomic E-state index is 12.1. The van der Waals surface area contributed by atoms with Gasteiger partial charge in [-0.1, -0.05) is 6.08 Å². The number of ketones is 1. The minimum atomic E-state index is -0.0971. The fourth-order valence-electron chi connectivity index (χ4n) is 2.09. The number of allylic oxidation sites excluding steroid dienone is 1. The molecule has 120 valence electrons. The largest absolute Gasteiger partial charge is 0.493 e. The number of ether oxygens (including phenoxy) is 3. The molecule has 2 aromatic rings. The van der Waals surface area contributed by atoms with Crippen molar-refractivity contribution in [3.63, 3.8) is 0 Å². The highest BCUT2D eigenvalue weighted by molar-refractivity contribution is 6.06. The maximum Gasteiger partial charge on any atom is 0.203 e. The third-order valence-corrected chi connectivity index (χ3v) is 3.16. The number of carbonyl (C=O) groups is 1. The van der Waals surface area contributed by atoms with E-state index in [-0.39, 0.29) is 5.78 Å². The maximum absolute atomic E-state index is 12.1. The first-order chi connectivity index (χ1) is 11.2. The number of nitrogens with zero attached hydrogens (tertiary/aromatic N) is 1. The second kappa shape index (κ2) is 7.98. The Hall–Kier alpha value is -2.82. The van der Waals surface area contributed by atoms with Crippen molar-refractivity contribution in [2.24, 2.45) is 0 Å². The summed E-state index contributed by atoms with van der Waals surface area (Å²) in [5.74, 6) is 1.56. The summed E-state index contributed by atoms with van der Waals surface area (Å²) in [7, 11) is 3.12. The minimum absolute atomic E-state index is 0.0971. The molecule has 1 aromatic heterocycles. The van der Waals surface area contributed by atoms with E-state index in [1.165, 1.54) is 6.08 Å². The highest BCUT2D eigenvalue weighted by Gasteiger charge is 2.12. The lowest BCUT2D eigenvalue weighted by Crippen LogP contribution is -1.99. The molecule has 5 heteroatoms. The lowest BCUT2D eigenvalue weighted by molar-refractivity contribution is 0.104. The molecule has 0 aliphatic carbocycles. The number of hydrogen-bond acceptors (Lipinski definition) is 5. The van der Waals surface area contributed by atoms with Gasteiger partial charge in [0.25, 0.3) is 0 Å². The monoisotopic (exact) mass is 313 g/mol. The van der Waals surface area contributed by atoms with E-state index < -0.39 is 0 Å². The van der Waals surface area contributed by atoms with Gasteiger partial charge in [0.05, 0.1) is 20.8 Å². The van der Waals surface area contributed by atoms with Crippen LogP contribution in [0.25, 0.3) is 6.08 Å². The highest BCUT2D eigenvalue weighted by atomic mass is 16.5. The van der Waals surface area contributed by atoms with E-state index in [1.54, 1.807) is 57.0 Å². The summed E-state index contributed by atoms with van der Waals surface area (Å²) < 4.78 is 16.2. The van der Waals surface area contributed by atoms with E-state index >= 15 is 0 Å². The summed E-state index contributed by atoms with van der Waals surface area (Å²) in [6.45, 7) is 2.39. The average Bonchev–Trinajstić information content (AvgIpc) is 2.60. The Labute approximate surface area is 135 Å². The van der Waals surface area contributed by atoms with Gasteiger partial charge in [-0.15, -0.1) is 0 Å². The molecular formula is C18H19NO4. The second-order valence-corrected chi connectivity index (χ2v) is 4.62. The van der Waals surface area contributed by atoms with Crippen molar-refractivity contribution >= 4 is 11.9 Å². The molecule has 5 nitrogen and oxygen atoms in total. The van der Waals surface area contributed by atoms with Crippen LogP contribution in [0.4, 0.5) is 0 Å². The Balaban J connectivity index is 2.30. The zero-order chi connectivity index (χ0) is 16.7. The van der Waals surface area contributed by atoms with Crippen LogP contribution in [-0.2, 0) is 0 Å².